The topological polar surface area (TPSA) is 192 Å². The summed E-state index contributed by atoms with van der Waals surface area (Å²) in [5.41, 5.74) is 9.99. The van der Waals surface area contributed by atoms with Crippen molar-refractivity contribution in [1.29, 1.82) is 0 Å². The summed E-state index contributed by atoms with van der Waals surface area (Å²) in [4.78, 5) is 33.0. The van der Waals surface area contributed by atoms with E-state index < -0.39 is 42.8 Å². The maximum Gasteiger partial charge on any atom is 0.405 e. The fraction of sp³-hybridized carbons (Fsp3) is 0.455. The summed E-state index contributed by atoms with van der Waals surface area (Å²) in [6, 6.07) is 0. The van der Waals surface area contributed by atoms with Crippen molar-refractivity contribution in [1.82, 2.24) is 19.5 Å². The first-order valence-corrected chi connectivity index (χ1v) is 6.55. The van der Waals surface area contributed by atoms with Crippen LogP contribution in [0.4, 0.5) is 10.7 Å². The first-order chi connectivity index (χ1) is 10.9. The number of aliphatic hydroxyl groups excluding tert-OH is 2. The highest BCUT2D eigenvalue weighted by Gasteiger charge is 2.47. The van der Waals surface area contributed by atoms with Gasteiger partial charge in [0.25, 0.3) is 5.56 Å². The van der Waals surface area contributed by atoms with Crippen LogP contribution in [0.5, 0.6) is 0 Å². The lowest BCUT2D eigenvalue weighted by Crippen LogP contribution is -2.38. The van der Waals surface area contributed by atoms with E-state index in [4.69, 9.17) is 20.9 Å². The number of ether oxygens (including phenoxy) is 2. The van der Waals surface area contributed by atoms with Gasteiger partial charge in [-0.15, -0.1) is 0 Å². The van der Waals surface area contributed by atoms with Gasteiger partial charge in [-0.05, 0) is 0 Å². The molecule has 12 heteroatoms. The second-order valence-electron chi connectivity index (χ2n) is 4.91. The van der Waals surface area contributed by atoms with Crippen LogP contribution in [-0.4, -0.2) is 60.7 Å². The standard InChI is InChI=1S/C11H14N6O6/c12-10-15-7-4(8(20)16-10)14-2-17(7)9-6(23-11(13)21)5(19)3(1-18)22-9/h2-3,5-6,9,18-19H,1H2,(H2,13,21)(H3,12,15,16,20)/t3-,5-,6-,9-/m1/s1. The molecule has 3 heterocycles. The number of amides is 1. The molecule has 1 aliphatic heterocycles. The zero-order valence-electron chi connectivity index (χ0n) is 11.6. The van der Waals surface area contributed by atoms with E-state index in [0.29, 0.717) is 0 Å². The quantitative estimate of drug-likeness (QED) is 0.402. The molecule has 0 aliphatic carbocycles. The molecule has 0 bridgehead atoms. The van der Waals surface area contributed by atoms with Crippen LogP contribution in [0.2, 0.25) is 0 Å². The summed E-state index contributed by atoms with van der Waals surface area (Å²) in [6.45, 7) is -0.515. The Morgan fingerprint density at radius 3 is 2.96 bits per heavy atom. The van der Waals surface area contributed by atoms with E-state index in [9.17, 15) is 19.8 Å². The Morgan fingerprint density at radius 2 is 2.30 bits per heavy atom. The van der Waals surface area contributed by atoms with Crippen molar-refractivity contribution in [2.24, 2.45) is 5.73 Å². The Hall–Kier alpha value is -2.70. The molecule has 12 nitrogen and oxygen atoms in total. The Balaban J connectivity index is 2.08. The Kier molecular flexibility index (Phi) is 3.63. The molecular weight excluding hydrogens is 312 g/mol. The molecular formula is C11H14N6O6. The minimum atomic E-state index is -1.32. The number of aliphatic hydroxyl groups is 2. The number of hydrogen-bond donors (Lipinski definition) is 5. The van der Waals surface area contributed by atoms with Gasteiger partial charge in [-0.3, -0.25) is 14.3 Å². The third kappa shape index (κ3) is 2.48. The number of nitrogens with two attached hydrogens (primary N) is 2. The molecule has 0 spiro atoms. The molecule has 124 valence electrons. The van der Waals surface area contributed by atoms with E-state index in [1.807, 2.05) is 0 Å². The summed E-state index contributed by atoms with van der Waals surface area (Å²) < 4.78 is 11.6. The minimum absolute atomic E-state index is 0.0115. The number of aromatic nitrogens is 4. The molecule has 7 N–H and O–H groups in total. The van der Waals surface area contributed by atoms with E-state index in [1.165, 1.54) is 10.9 Å². The van der Waals surface area contributed by atoms with Crippen LogP contribution in [0.15, 0.2) is 11.1 Å². The SMILES string of the molecule is NC(=O)O[C@@H]1[C@H](O)[C@@H](CO)O[C@H]1n1cnc2c(=O)[nH]c(N)nc21. The Labute approximate surface area is 127 Å². The summed E-state index contributed by atoms with van der Waals surface area (Å²) in [7, 11) is 0. The number of imidazole rings is 1. The fourth-order valence-electron chi connectivity index (χ4n) is 2.48. The highest BCUT2D eigenvalue weighted by Crippen LogP contribution is 2.33. The second-order valence-corrected chi connectivity index (χ2v) is 4.91. The van der Waals surface area contributed by atoms with E-state index in [2.05, 4.69) is 15.0 Å². The summed E-state index contributed by atoms with van der Waals surface area (Å²) >= 11 is 0. The van der Waals surface area contributed by atoms with Gasteiger partial charge < -0.3 is 31.2 Å². The van der Waals surface area contributed by atoms with Crippen molar-refractivity contribution in [2.75, 3.05) is 12.3 Å². The fourth-order valence-corrected chi connectivity index (χ4v) is 2.48. The van der Waals surface area contributed by atoms with Crippen molar-refractivity contribution in [3.63, 3.8) is 0 Å². The molecule has 1 aliphatic rings. The molecule has 23 heavy (non-hydrogen) atoms. The van der Waals surface area contributed by atoms with Crippen molar-refractivity contribution in [3.05, 3.63) is 16.7 Å². The number of fused-ring (bicyclic) bond motifs is 1. The average molecular weight is 326 g/mol. The first-order valence-electron chi connectivity index (χ1n) is 6.55. The van der Waals surface area contributed by atoms with Crippen LogP contribution in [-0.2, 0) is 9.47 Å². The number of anilines is 1. The molecule has 2 aromatic heterocycles. The maximum atomic E-state index is 11.8. The number of nitrogen functional groups attached to an aromatic ring is 1. The van der Waals surface area contributed by atoms with Crippen LogP contribution < -0.4 is 17.0 Å². The molecule has 1 amide bonds. The maximum absolute atomic E-state index is 11.8. The highest BCUT2D eigenvalue weighted by atomic mass is 16.6. The number of primary amides is 1. The predicted octanol–water partition coefficient (Wildman–Crippen LogP) is -2.58. The van der Waals surface area contributed by atoms with Crippen LogP contribution in [0.1, 0.15) is 6.23 Å². The third-order valence-corrected chi connectivity index (χ3v) is 3.47. The van der Waals surface area contributed by atoms with Crippen LogP contribution in [0, 0.1) is 0 Å². The van der Waals surface area contributed by atoms with Gasteiger partial charge in [0.1, 0.15) is 12.2 Å². The van der Waals surface area contributed by atoms with Gasteiger partial charge in [-0.25, -0.2) is 9.78 Å². The van der Waals surface area contributed by atoms with Gasteiger partial charge in [-0.1, -0.05) is 0 Å². The van der Waals surface area contributed by atoms with Crippen LogP contribution in [0.25, 0.3) is 11.2 Å². The third-order valence-electron chi connectivity index (χ3n) is 3.47. The zero-order valence-corrected chi connectivity index (χ0v) is 11.6. The van der Waals surface area contributed by atoms with E-state index in [0.717, 1.165) is 0 Å². The lowest BCUT2D eigenvalue weighted by Gasteiger charge is -2.20. The number of nitrogens with one attached hydrogen (secondary N) is 1. The van der Waals surface area contributed by atoms with Crippen LogP contribution in [0.3, 0.4) is 0 Å². The average Bonchev–Trinajstić information content (AvgIpc) is 3.01. The van der Waals surface area contributed by atoms with Crippen molar-refractivity contribution >= 4 is 23.2 Å². The summed E-state index contributed by atoms with van der Waals surface area (Å²) in [5, 5.41) is 19.3. The van der Waals surface area contributed by atoms with Gasteiger partial charge in [0.05, 0.1) is 12.9 Å². The molecule has 1 fully saturated rings. The lowest BCUT2D eigenvalue weighted by molar-refractivity contribution is -0.0523. The number of hydrogen-bond acceptors (Lipinski definition) is 9. The van der Waals surface area contributed by atoms with Gasteiger partial charge >= 0.3 is 6.09 Å². The van der Waals surface area contributed by atoms with Crippen molar-refractivity contribution in [2.45, 2.75) is 24.5 Å². The normalized spacial score (nSPS) is 27.4. The molecule has 0 aromatic carbocycles. The van der Waals surface area contributed by atoms with E-state index in [-0.39, 0.29) is 17.1 Å². The number of aromatic amines is 1. The minimum Gasteiger partial charge on any atom is -0.439 e. The monoisotopic (exact) mass is 326 g/mol. The molecule has 0 radical (unpaired) electrons. The predicted molar refractivity (Wildman–Crippen MR) is 74.0 cm³/mol. The molecule has 0 saturated carbocycles. The Morgan fingerprint density at radius 1 is 1.57 bits per heavy atom. The smallest absolute Gasteiger partial charge is 0.405 e. The molecule has 4 atom stereocenters. The highest BCUT2D eigenvalue weighted by molar-refractivity contribution is 5.70. The van der Waals surface area contributed by atoms with E-state index >= 15 is 0 Å². The van der Waals surface area contributed by atoms with Crippen LogP contribution >= 0.6 is 0 Å². The van der Waals surface area contributed by atoms with Gasteiger partial charge in [0.15, 0.2) is 23.5 Å². The number of carbonyl (C=O) groups excluding carboxylic acids is 1. The van der Waals surface area contributed by atoms with Gasteiger partial charge in [0.2, 0.25) is 5.95 Å². The van der Waals surface area contributed by atoms with E-state index in [1.54, 1.807) is 0 Å². The number of nitrogens with zero attached hydrogens (tertiary/aromatic N) is 3. The van der Waals surface area contributed by atoms with Gasteiger partial charge in [0, 0.05) is 0 Å². The second kappa shape index (κ2) is 5.49. The van der Waals surface area contributed by atoms with Crippen molar-refractivity contribution in [3.8, 4) is 0 Å². The molecule has 0 unspecified atom stereocenters. The van der Waals surface area contributed by atoms with Gasteiger partial charge in [-0.2, -0.15) is 4.98 Å². The lowest BCUT2D eigenvalue weighted by atomic mass is 10.1. The molecule has 2 aromatic rings. The molecule has 1 saturated heterocycles. The summed E-state index contributed by atoms with van der Waals surface area (Å²) in [5.74, 6) is -0.145. The first kappa shape index (κ1) is 15.2. The zero-order chi connectivity index (χ0) is 16.7. The summed E-state index contributed by atoms with van der Waals surface area (Å²) in [6.07, 6.45) is -4.55. The number of rotatable bonds is 3. The van der Waals surface area contributed by atoms with Crippen molar-refractivity contribution < 1.29 is 24.5 Å². The molecule has 3 rings (SSSR count). The Bertz CT molecular complexity index is 802. The number of H-pyrrole nitrogens is 1. The number of carbonyl (C=O) groups is 1. The largest absolute Gasteiger partial charge is 0.439 e.